The van der Waals surface area contributed by atoms with Crippen molar-refractivity contribution < 1.29 is 23.5 Å². The van der Waals surface area contributed by atoms with Crippen LogP contribution >= 0.6 is 0 Å². The van der Waals surface area contributed by atoms with E-state index in [9.17, 15) is 19.2 Å². The van der Waals surface area contributed by atoms with Crippen molar-refractivity contribution in [1.82, 2.24) is 20.0 Å². The summed E-state index contributed by atoms with van der Waals surface area (Å²) in [5.41, 5.74) is -0.0928. The van der Waals surface area contributed by atoms with E-state index in [4.69, 9.17) is 9.47 Å². The van der Waals surface area contributed by atoms with Crippen LogP contribution in [0.5, 0.6) is 0 Å². The van der Waals surface area contributed by atoms with Crippen molar-refractivity contribution in [1.29, 1.82) is 5.26 Å². The van der Waals surface area contributed by atoms with Gasteiger partial charge in [0.25, 0.3) is 0 Å². The number of rotatable bonds is 9. The fourth-order valence-corrected chi connectivity index (χ4v) is 5.66. The molecule has 9 nitrogen and oxygen atoms in total. The number of piperazine rings is 1. The van der Waals surface area contributed by atoms with Crippen LogP contribution in [0.15, 0.2) is 24.3 Å². The molecule has 2 saturated heterocycles. The number of fused-ring (bicyclic) bond motifs is 2. The highest BCUT2D eigenvalue weighted by molar-refractivity contribution is 5.86. The Hall–Kier alpha value is -2.74. The molecular weight excluding hydrogens is 477 g/mol. The molecule has 37 heavy (non-hydrogen) atoms. The van der Waals surface area contributed by atoms with Gasteiger partial charge < -0.3 is 19.7 Å². The molecule has 1 N–H and O–H groups in total. The second kappa shape index (κ2) is 10.9. The summed E-state index contributed by atoms with van der Waals surface area (Å²) in [7, 11) is 1.64. The molecule has 0 aromatic heterocycles. The summed E-state index contributed by atoms with van der Waals surface area (Å²) in [5, 5.41) is 12.1. The van der Waals surface area contributed by atoms with E-state index in [1.807, 2.05) is 13.0 Å². The predicted molar refractivity (Wildman–Crippen MR) is 135 cm³/mol. The van der Waals surface area contributed by atoms with Crippen LogP contribution in [0.3, 0.4) is 0 Å². The molecule has 10 heteroatoms. The van der Waals surface area contributed by atoms with E-state index < -0.39 is 17.7 Å². The quantitative estimate of drug-likeness (QED) is 0.505. The number of halogens is 1. The van der Waals surface area contributed by atoms with E-state index in [-0.39, 0.29) is 49.2 Å². The first kappa shape index (κ1) is 27.3. The average Bonchev–Trinajstić information content (AvgIpc) is 3.25. The summed E-state index contributed by atoms with van der Waals surface area (Å²) in [6.07, 6.45) is 0.731. The Morgan fingerprint density at radius 2 is 2.00 bits per heavy atom. The number of hydrogen-bond donors (Lipinski definition) is 1. The first-order valence-electron chi connectivity index (χ1n) is 12.9. The zero-order valence-corrected chi connectivity index (χ0v) is 22.3. The molecule has 0 radical (unpaired) electrons. The Morgan fingerprint density at radius 3 is 2.59 bits per heavy atom. The highest BCUT2D eigenvalue weighted by Crippen LogP contribution is 2.38. The SMILES string of the molecule is COC1C2CC(CN2CC(NC(=O)OC(C)(C)C)C(=O)N(CC#N)C2CC2C)N1Cc1ccccc1F. The van der Waals surface area contributed by atoms with Crippen LogP contribution in [0.4, 0.5) is 9.18 Å². The minimum absolute atomic E-state index is 0.00750. The summed E-state index contributed by atoms with van der Waals surface area (Å²) in [6, 6.07) is 8.11. The third-order valence-electron chi connectivity index (χ3n) is 7.50. The fraction of sp³-hybridized carbons (Fsp3) is 0.667. The van der Waals surface area contributed by atoms with Crippen molar-refractivity contribution in [2.24, 2.45) is 5.92 Å². The van der Waals surface area contributed by atoms with Gasteiger partial charge in [-0.05, 0) is 45.6 Å². The van der Waals surface area contributed by atoms with Crippen molar-refractivity contribution in [2.45, 2.75) is 83.1 Å². The summed E-state index contributed by atoms with van der Waals surface area (Å²) in [5.74, 6) is -0.190. The van der Waals surface area contributed by atoms with Gasteiger partial charge in [0, 0.05) is 44.4 Å². The van der Waals surface area contributed by atoms with Crippen LogP contribution in [0.1, 0.15) is 46.1 Å². The van der Waals surface area contributed by atoms with Gasteiger partial charge in [-0.15, -0.1) is 0 Å². The van der Waals surface area contributed by atoms with Gasteiger partial charge in [-0.1, -0.05) is 25.1 Å². The molecule has 3 fully saturated rings. The number of likely N-dealkylation sites (tertiary alicyclic amines) is 2. The van der Waals surface area contributed by atoms with Crippen LogP contribution < -0.4 is 5.32 Å². The smallest absolute Gasteiger partial charge is 0.408 e. The highest BCUT2D eigenvalue weighted by Gasteiger charge is 2.52. The topological polar surface area (TPSA) is 98.1 Å². The maximum Gasteiger partial charge on any atom is 0.408 e. The van der Waals surface area contributed by atoms with Crippen LogP contribution in [0.2, 0.25) is 0 Å². The van der Waals surface area contributed by atoms with E-state index >= 15 is 0 Å². The molecule has 2 bridgehead atoms. The number of carbonyl (C=O) groups excluding carboxylic acids is 2. The molecule has 2 amide bonds. The van der Waals surface area contributed by atoms with Gasteiger partial charge >= 0.3 is 6.09 Å². The third kappa shape index (κ3) is 6.22. The minimum Gasteiger partial charge on any atom is -0.444 e. The Balaban J connectivity index is 1.49. The lowest BCUT2D eigenvalue weighted by atomic mass is 10.1. The van der Waals surface area contributed by atoms with Crippen LogP contribution in [0, 0.1) is 23.1 Å². The molecule has 0 spiro atoms. The predicted octanol–water partition coefficient (Wildman–Crippen LogP) is 2.71. The number of benzene rings is 1. The lowest BCUT2D eigenvalue weighted by molar-refractivity contribution is -0.135. The second-order valence-electron chi connectivity index (χ2n) is 11.4. The van der Waals surface area contributed by atoms with Gasteiger partial charge in [0.1, 0.15) is 30.2 Å². The van der Waals surface area contributed by atoms with Gasteiger partial charge in [0.05, 0.1) is 12.1 Å². The monoisotopic (exact) mass is 515 g/mol. The van der Waals surface area contributed by atoms with Gasteiger partial charge in [-0.2, -0.15) is 5.26 Å². The summed E-state index contributed by atoms with van der Waals surface area (Å²) in [6.45, 7) is 8.70. The zero-order valence-electron chi connectivity index (χ0n) is 22.3. The molecule has 1 aliphatic carbocycles. The van der Waals surface area contributed by atoms with E-state index in [1.54, 1.807) is 44.9 Å². The van der Waals surface area contributed by atoms with Crippen molar-refractivity contribution in [3.63, 3.8) is 0 Å². The van der Waals surface area contributed by atoms with Gasteiger partial charge in [0.15, 0.2) is 0 Å². The standard InChI is InChI=1S/C27H38FN5O4/c1-17-12-22(17)32(11-10-29)24(34)21(30-26(35)37-27(2,3)4)16-31-15-19-13-23(31)25(36-5)33(19)14-18-8-6-7-9-20(18)28/h6-9,17,19,21-23,25H,11-16H2,1-5H3,(H,30,35). The first-order valence-corrected chi connectivity index (χ1v) is 12.9. The lowest BCUT2D eigenvalue weighted by Crippen LogP contribution is -2.60. The molecule has 1 saturated carbocycles. The highest BCUT2D eigenvalue weighted by atomic mass is 19.1. The molecule has 4 rings (SSSR count). The Kier molecular flexibility index (Phi) is 8.07. The number of methoxy groups -OCH3 is 1. The average molecular weight is 516 g/mol. The second-order valence-corrected chi connectivity index (χ2v) is 11.4. The number of nitriles is 1. The minimum atomic E-state index is -0.868. The van der Waals surface area contributed by atoms with E-state index in [1.165, 1.54) is 6.07 Å². The van der Waals surface area contributed by atoms with Crippen LogP contribution in [0.25, 0.3) is 0 Å². The largest absolute Gasteiger partial charge is 0.444 e. The first-order chi connectivity index (χ1) is 17.5. The van der Waals surface area contributed by atoms with Crippen molar-refractivity contribution in [2.75, 3.05) is 26.7 Å². The Labute approximate surface area is 218 Å². The number of hydrogen-bond acceptors (Lipinski definition) is 7. The molecule has 6 atom stereocenters. The molecule has 1 aromatic rings. The van der Waals surface area contributed by atoms with Crippen molar-refractivity contribution in [3.8, 4) is 6.07 Å². The molecule has 6 unspecified atom stereocenters. The molecule has 2 aliphatic heterocycles. The summed E-state index contributed by atoms with van der Waals surface area (Å²) < 4.78 is 25.6. The van der Waals surface area contributed by atoms with Crippen molar-refractivity contribution in [3.05, 3.63) is 35.6 Å². The summed E-state index contributed by atoms with van der Waals surface area (Å²) >= 11 is 0. The molecular formula is C27H38FN5O4. The molecule has 202 valence electrons. The fourth-order valence-electron chi connectivity index (χ4n) is 5.66. The number of amides is 2. The van der Waals surface area contributed by atoms with Crippen molar-refractivity contribution >= 4 is 12.0 Å². The van der Waals surface area contributed by atoms with E-state index in [0.717, 1.165) is 12.8 Å². The number of alkyl carbamates (subject to hydrolysis) is 1. The Bertz CT molecular complexity index is 1040. The van der Waals surface area contributed by atoms with Gasteiger partial charge in [-0.25, -0.2) is 9.18 Å². The molecule has 1 aromatic carbocycles. The van der Waals surface area contributed by atoms with E-state index in [0.29, 0.717) is 24.6 Å². The maximum absolute atomic E-state index is 14.3. The zero-order chi connectivity index (χ0) is 26.9. The van der Waals surface area contributed by atoms with Crippen LogP contribution in [-0.2, 0) is 20.8 Å². The molecule has 2 heterocycles. The summed E-state index contributed by atoms with van der Waals surface area (Å²) in [4.78, 5) is 32.3. The van der Waals surface area contributed by atoms with Crippen LogP contribution in [-0.4, -0.2) is 89.4 Å². The number of carbonyl (C=O) groups is 2. The number of nitrogens with one attached hydrogen (secondary N) is 1. The normalized spacial score (nSPS) is 28.0. The maximum atomic E-state index is 14.3. The molecule has 3 aliphatic rings. The lowest BCUT2D eigenvalue weighted by Gasteiger charge is -2.41. The van der Waals surface area contributed by atoms with Gasteiger partial charge in [0.2, 0.25) is 5.91 Å². The third-order valence-corrected chi connectivity index (χ3v) is 7.50. The number of ether oxygens (including phenoxy) is 2. The van der Waals surface area contributed by atoms with E-state index in [2.05, 4.69) is 21.2 Å². The Morgan fingerprint density at radius 1 is 1.30 bits per heavy atom. The number of nitrogens with zero attached hydrogens (tertiary/aromatic N) is 4. The van der Waals surface area contributed by atoms with Gasteiger partial charge in [-0.3, -0.25) is 14.6 Å².